The van der Waals surface area contributed by atoms with Crippen LogP contribution in [-0.4, -0.2) is 141 Å². The first kappa shape index (κ1) is 55.7. The normalized spacial score (nSPS) is 38.8. The summed E-state index contributed by atoms with van der Waals surface area (Å²) in [6, 6.07) is -1.24. The van der Waals surface area contributed by atoms with Crippen LogP contribution in [0.2, 0.25) is 0 Å². The van der Waals surface area contributed by atoms with E-state index in [9.17, 15) is 34.2 Å². The number of amides is 1. The van der Waals surface area contributed by atoms with Crippen molar-refractivity contribution in [3.05, 3.63) is 53.9 Å². The number of fused-ring (bicyclic) bond motifs is 3. The molecular formula is C52H79N5O12. The van der Waals surface area contributed by atoms with E-state index in [1.165, 1.54) is 18.3 Å². The lowest BCUT2D eigenvalue weighted by atomic mass is 9.77. The number of rotatable bonds is 7. The number of methoxy groups -OCH3 is 3. The van der Waals surface area contributed by atoms with Gasteiger partial charge in [-0.1, -0.05) is 71.1 Å². The van der Waals surface area contributed by atoms with Gasteiger partial charge in [0.2, 0.25) is 5.79 Å². The highest BCUT2D eigenvalue weighted by Crippen LogP contribution is 2.39. The molecule has 384 valence electrons. The molecule has 2 bridgehead atoms. The fraction of sp³-hybridized carbons (Fsp3) is 0.731. The number of ether oxygens (including phenoxy) is 5. The standard InChI is InChI=1S/C52H79N5O12/c1-31-16-12-11-13-17-32(2)43(65-8)28-39-21-19-37(7)52(64,69-39)49(61)50(62)56-23-15-14-18-41(56)51(63)68-44(34(4)26-38-20-22-40(45(27-38)66-9)57-54-30-53-55-57)29-42(58)33(3)25-36(6)47(60)48(67-10)46(59)35(5)24-31/h11-13,16-17,25,30-31,33-35,37-41,43-45,47-48,60,64H,14-15,18-24,26-29H2,1-10H3/b13-11+,16-12+,32-17+,36-25+/t31-,33-,34-,35-,37-,38+,39+,40+,41+,43+,44+,45-,47-,48?,52-/m1/s1. The summed E-state index contributed by atoms with van der Waals surface area (Å²) in [5.74, 6) is -7.94. The van der Waals surface area contributed by atoms with E-state index in [0.29, 0.717) is 56.9 Å². The number of ketones is 3. The van der Waals surface area contributed by atoms with Crippen LogP contribution in [0, 0.1) is 35.5 Å². The van der Waals surface area contributed by atoms with Crippen LogP contribution in [0.3, 0.4) is 0 Å². The molecule has 1 aliphatic carbocycles. The molecule has 4 aliphatic rings. The quantitative estimate of drug-likeness (QED) is 0.181. The van der Waals surface area contributed by atoms with Crippen LogP contribution in [0.4, 0.5) is 0 Å². The van der Waals surface area contributed by atoms with Gasteiger partial charge in [0.1, 0.15) is 30.1 Å². The second-order valence-electron chi connectivity index (χ2n) is 20.3. The maximum Gasteiger partial charge on any atom is 0.329 e. The Morgan fingerprint density at radius 2 is 1.64 bits per heavy atom. The van der Waals surface area contributed by atoms with E-state index >= 15 is 0 Å². The molecule has 15 atom stereocenters. The predicted molar refractivity (Wildman–Crippen MR) is 256 cm³/mol. The Hall–Kier alpha value is -4.26. The number of cyclic esters (lactones) is 1. The van der Waals surface area contributed by atoms with Crippen LogP contribution in [0.25, 0.3) is 0 Å². The van der Waals surface area contributed by atoms with Gasteiger partial charge < -0.3 is 38.8 Å². The van der Waals surface area contributed by atoms with Crippen LogP contribution in [0.5, 0.6) is 0 Å². The van der Waals surface area contributed by atoms with Gasteiger partial charge in [-0.2, -0.15) is 4.80 Å². The molecule has 0 radical (unpaired) electrons. The van der Waals surface area contributed by atoms with Crippen LogP contribution < -0.4 is 0 Å². The average Bonchev–Trinajstić information content (AvgIpc) is 3.88. The topological polar surface area (TPSA) is 219 Å². The number of Topliss-reactive ketones (excluding diaryl/α,β-unsaturated/α-hetero) is 3. The van der Waals surface area contributed by atoms with Crippen molar-refractivity contribution in [1.29, 1.82) is 0 Å². The van der Waals surface area contributed by atoms with E-state index in [-0.39, 0.29) is 60.9 Å². The van der Waals surface area contributed by atoms with Crippen LogP contribution >= 0.6 is 0 Å². The first-order chi connectivity index (χ1) is 32.8. The van der Waals surface area contributed by atoms with Crippen molar-refractivity contribution in [2.45, 2.75) is 180 Å². The molecule has 1 saturated carbocycles. The van der Waals surface area contributed by atoms with Crippen molar-refractivity contribution in [3.8, 4) is 0 Å². The van der Waals surface area contributed by atoms with E-state index in [1.807, 2.05) is 58.1 Å². The highest BCUT2D eigenvalue weighted by atomic mass is 16.6. The Morgan fingerprint density at radius 3 is 2.32 bits per heavy atom. The summed E-state index contributed by atoms with van der Waals surface area (Å²) in [7, 11) is 4.61. The number of hydrogen-bond acceptors (Lipinski definition) is 15. The van der Waals surface area contributed by atoms with E-state index in [4.69, 9.17) is 23.7 Å². The summed E-state index contributed by atoms with van der Waals surface area (Å²) in [4.78, 5) is 73.9. The van der Waals surface area contributed by atoms with E-state index in [0.717, 1.165) is 18.4 Å². The van der Waals surface area contributed by atoms with Gasteiger partial charge in [-0.05, 0) is 112 Å². The minimum atomic E-state index is -2.43. The third-order valence-electron chi connectivity index (χ3n) is 15.1. The Morgan fingerprint density at radius 1 is 0.884 bits per heavy atom. The third kappa shape index (κ3) is 14.2. The first-order valence-corrected chi connectivity index (χ1v) is 25.0. The summed E-state index contributed by atoms with van der Waals surface area (Å²) in [5, 5.41) is 35.7. The number of aliphatic hydroxyl groups is 2. The molecule has 0 aromatic carbocycles. The monoisotopic (exact) mass is 966 g/mol. The van der Waals surface area contributed by atoms with Crippen LogP contribution in [0.15, 0.2) is 53.9 Å². The summed E-state index contributed by atoms with van der Waals surface area (Å²) in [6.45, 7) is 12.8. The summed E-state index contributed by atoms with van der Waals surface area (Å²) < 4.78 is 29.9. The Labute approximate surface area is 408 Å². The highest BCUT2D eigenvalue weighted by molar-refractivity contribution is 6.39. The number of hydrogen-bond donors (Lipinski definition) is 2. The maximum absolute atomic E-state index is 14.5. The van der Waals surface area contributed by atoms with Gasteiger partial charge in [0.25, 0.3) is 11.7 Å². The van der Waals surface area contributed by atoms with Crippen molar-refractivity contribution in [2.24, 2.45) is 35.5 Å². The lowest BCUT2D eigenvalue weighted by Crippen LogP contribution is -2.61. The van der Waals surface area contributed by atoms with Crippen molar-refractivity contribution >= 4 is 29.2 Å². The van der Waals surface area contributed by atoms with E-state index in [1.54, 1.807) is 45.9 Å². The Kier molecular flexibility index (Phi) is 20.8. The van der Waals surface area contributed by atoms with Crippen LogP contribution in [0.1, 0.15) is 132 Å². The largest absolute Gasteiger partial charge is 0.460 e. The third-order valence-corrected chi connectivity index (χ3v) is 15.1. The fourth-order valence-corrected chi connectivity index (χ4v) is 10.7. The molecule has 2 N–H and O–H groups in total. The molecule has 17 heteroatoms. The van der Waals surface area contributed by atoms with Gasteiger partial charge in [0, 0.05) is 58.5 Å². The molecule has 1 aromatic rings. The first-order valence-electron chi connectivity index (χ1n) is 25.0. The number of aliphatic hydroxyl groups excluding tert-OH is 1. The number of carbonyl (C=O) groups excluding carboxylic acids is 5. The SMILES string of the molecule is COC1C(=O)[C@H](C)C[C@H](C)/C=C/C=C/C=C(\C)[C@@H](OC)C[C@@H]2CC[C@@H](C)[C@@](O)(O2)C(=O)C(=O)N2CCCC[C@H]2C(=O)O[C@H]([C@H](C)C[C@@H]2CC[C@H](n3ncnn3)[C@H](OC)C2)CC(=O)[C@H](C)/C=C(\C)[C@H]1O. The number of esters is 1. The van der Waals surface area contributed by atoms with Crippen molar-refractivity contribution in [1.82, 2.24) is 25.1 Å². The number of tetrazole rings is 1. The molecule has 1 aromatic heterocycles. The highest BCUT2D eigenvalue weighted by Gasteiger charge is 2.53. The lowest BCUT2D eigenvalue weighted by Gasteiger charge is -2.42. The Balaban J connectivity index is 1.46. The number of carbonyl (C=O) groups is 5. The molecule has 17 nitrogen and oxygen atoms in total. The summed E-state index contributed by atoms with van der Waals surface area (Å²) in [5.41, 5.74) is 1.27. The predicted octanol–water partition coefficient (Wildman–Crippen LogP) is 6.05. The van der Waals surface area contributed by atoms with Gasteiger partial charge in [-0.25, -0.2) is 4.79 Å². The maximum atomic E-state index is 14.5. The van der Waals surface area contributed by atoms with E-state index < -0.39 is 77.8 Å². The zero-order valence-corrected chi connectivity index (χ0v) is 42.5. The van der Waals surface area contributed by atoms with Gasteiger partial charge >= 0.3 is 5.97 Å². The molecule has 1 amide bonds. The number of piperidine rings is 1. The smallest absolute Gasteiger partial charge is 0.329 e. The molecule has 1 unspecified atom stereocenters. The molecule has 3 fully saturated rings. The van der Waals surface area contributed by atoms with Crippen molar-refractivity contribution < 1.29 is 57.9 Å². The number of nitrogens with zero attached hydrogens (tertiary/aromatic N) is 5. The zero-order chi connectivity index (χ0) is 50.6. The minimum absolute atomic E-state index is 0.0168. The zero-order valence-electron chi connectivity index (χ0n) is 42.5. The van der Waals surface area contributed by atoms with Gasteiger partial charge in [0.05, 0.1) is 24.4 Å². The molecule has 0 spiro atoms. The van der Waals surface area contributed by atoms with Crippen molar-refractivity contribution in [2.75, 3.05) is 27.9 Å². The van der Waals surface area contributed by atoms with Gasteiger partial charge in [0.15, 0.2) is 12.1 Å². The summed E-state index contributed by atoms with van der Waals surface area (Å²) in [6.07, 6.45) is 13.7. The van der Waals surface area contributed by atoms with Crippen molar-refractivity contribution in [3.63, 3.8) is 0 Å². The molecule has 4 heterocycles. The fourth-order valence-electron chi connectivity index (χ4n) is 10.7. The molecule has 69 heavy (non-hydrogen) atoms. The molecule has 3 aliphatic heterocycles. The Bertz CT molecular complexity index is 2020. The second-order valence-corrected chi connectivity index (χ2v) is 20.3. The van der Waals surface area contributed by atoms with E-state index in [2.05, 4.69) is 15.4 Å². The average molecular weight is 966 g/mol. The van der Waals surface area contributed by atoms with Gasteiger partial charge in [-0.3, -0.25) is 19.2 Å². The van der Waals surface area contributed by atoms with Crippen LogP contribution in [-0.2, 0) is 47.7 Å². The number of aromatic nitrogens is 4. The molecule has 2 saturated heterocycles. The minimum Gasteiger partial charge on any atom is -0.460 e. The number of allylic oxidation sites excluding steroid dienone is 6. The second kappa shape index (κ2) is 25.7. The molecule has 5 rings (SSSR count). The molecular weight excluding hydrogens is 887 g/mol. The van der Waals surface area contributed by atoms with Gasteiger partial charge in [-0.15, -0.1) is 10.2 Å². The summed E-state index contributed by atoms with van der Waals surface area (Å²) >= 11 is 0. The lowest BCUT2D eigenvalue weighted by molar-refractivity contribution is -0.265.